The zero-order valence-corrected chi connectivity index (χ0v) is 7.67. The van der Waals surface area contributed by atoms with Gasteiger partial charge in [-0.3, -0.25) is 0 Å². The van der Waals surface area contributed by atoms with Crippen LogP contribution < -0.4 is 5.32 Å². The van der Waals surface area contributed by atoms with E-state index in [1.54, 1.807) is 6.33 Å². The second-order valence-electron chi connectivity index (χ2n) is 2.72. The summed E-state index contributed by atoms with van der Waals surface area (Å²) in [5.74, 6) is -0.951. The average Bonchev–Trinajstić information content (AvgIpc) is 2.47. The minimum absolute atomic E-state index is 0. The van der Waals surface area contributed by atoms with E-state index in [9.17, 15) is 4.79 Å². The summed E-state index contributed by atoms with van der Waals surface area (Å²) in [7, 11) is 0. The molecule has 1 aliphatic rings. The lowest BCUT2D eigenvalue weighted by atomic mass is 10.3. The van der Waals surface area contributed by atoms with E-state index in [1.807, 2.05) is 4.57 Å². The number of fused-ring (bicyclic) bond motifs is 1. The molecule has 0 bridgehead atoms. The van der Waals surface area contributed by atoms with E-state index in [4.69, 9.17) is 5.11 Å². The van der Waals surface area contributed by atoms with E-state index in [-0.39, 0.29) is 18.1 Å². The first-order chi connectivity index (χ1) is 5.79. The van der Waals surface area contributed by atoms with Crippen molar-refractivity contribution in [3.8, 4) is 0 Å². The molecule has 2 rings (SSSR count). The van der Waals surface area contributed by atoms with Gasteiger partial charge in [-0.25, -0.2) is 9.78 Å². The van der Waals surface area contributed by atoms with Gasteiger partial charge in [-0.05, 0) is 0 Å². The molecule has 2 N–H and O–H groups in total. The maximum absolute atomic E-state index is 10.6. The van der Waals surface area contributed by atoms with Gasteiger partial charge in [-0.2, -0.15) is 0 Å². The third-order valence-electron chi connectivity index (χ3n) is 1.97. The molecule has 0 aromatic carbocycles. The summed E-state index contributed by atoms with van der Waals surface area (Å²) in [5.41, 5.74) is 0.941. The molecule has 0 fully saturated rings. The van der Waals surface area contributed by atoms with E-state index < -0.39 is 5.97 Å². The summed E-state index contributed by atoms with van der Waals surface area (Å²) in [4.78, 5) is 14.5. The van der Waals surface area contributed by atoms with Crippen LogP contribution in [0.25, 0.3) is 0 Å². The molecule has 0 radical (unpaired) electrons. The third kappa shape index (κ3) is 1.66. The van der Waals surface area contributed by atoms with Crippen molar-refractivity contribution in [1.82, 2.24) is 14.9 Å². The van der Waals surface area contributed by atoms with Crippen LogP contribution in [0.1, 0.15) is 16.2 Å². The first-order valence-electron chi connectivity index (χ1n) is 3.77. The Morgan fingerprint density at radius 3 is 3.15 bits per heavy atom. The number of imidazole rings is 1. The predicted octanol–water partition coefficient (Wildman–Crippen LogP) is 0.106. The number of aromatic nitrogens is 2. The Kier molecular flexibility index (Phi) is 2.90. The molecule has 72 valence electrons. The van der Waals surface area contributed by atoms with Gasteiger partial charge in [0.2, 0.25) is 0 Å². The molecule has 2 heterocycles. The Hall–Kier alpha value is -1.07. The van der Waals surface area contributed by atoms with Gasteiger partial charge in [0, 0.05) is 19.6 Å². The Labute approximate surface area is 81.2 Å². The van der Waals surface area contributed by atoms with E-state index in [1.165, 1.54) is 0 Å². The Balaban J connectivity index is 0.000000845. The third-order valence-corrected chi connectivity index (χ3v) is 1.97. The van der Waals surface area contributed by atoms with E-state index in [0.717, 1.165) is 18.8 Å². The van der Waals surface area contributed by atoms with Crippen molar-refractivity contribution < 1.29 is 9.90 Å². The van der Waals surface area contributed by atoms with Crippen LogP contribution in [0.4, 0.5) is 0 Å². The standard InChI is InChI=1S/C7H9N3O2.ClH/c11-7(12)6-5-3-8-1-2-10(5)4-9-6;/h4,8H,1-3H2,(H,11,12);1H. The van der Waals surface area contributed by atoms with Crippen LogP contribution in [-0.2, 0) is 13.1 Å². The van der Waals surface area contributed by atoms with Crippen molar-refractivity contribution in [2.24, 2.45) is 0 Å². The summed E-state index contributed by atoms with van der Waals surface area (Å²) in [5, 5.41) is 11.8. The van der Waals surface area contributed by atoms with Crippen molar-refractivity contribution >= 4 is 18.4 Å². The van der Waals surface area contributed by atoms with Crippen molar-refractivity contribution in [3.63, 3.8) is 0 Å². The number of hydrogen-bond donors (Lipinski definition) is 2. The van der Waals surface area contributed by atoms with E-state index in [0.29, 0.717) is 6.54 Å². The van der Waals surface area contributed by atoms with Gasteiger partial charge in [-0.15, -0.1) is 12.4 Å². The Bertz CT molecular complexity index is 324. The highest BCUT2D eigenvalue weighted by Gasteiger charge is 2.18. The zero-order chi connectivity index (χ0) is 8.55. The lowest BCUT2D eigenvalue weighted by Gasteiger charge is -2.15. The Morgan fingerprint density at radius 1 is 1.69 bits per heavy atom. The van der Waals surface area contributed by atoms with Crippen LogP contribution in [0.2, 0.25) is 0 Å². The predicted molar refractivity (Wildman–Crippen MR) is 48.1 cm³/mol. The Morgan fingerprint density at radius 2 is 2.46 bits per heavy atom. The first kappa shape index (κ1) is 10.0. The molecule has 1 aromatic rings. The number of rotatable bonds is 1. The number of nitrogens with zero attached hydrogens (tertiary/aromatic N) is 2. The molecule has 0 unspecified atom stereocenters. The number of carboxylic acid groups (broad SMARTS) is 1. The van der Waals surface area contributed by atoms with Gasteiger partial charge in [0.25, 0.3) is 0 Å². The van der Waals surface area contributed by atoms with Gasteiger partial charge in [0.15, 0.2) is 5.69 Å². The van der Waals surface area contributed by atoms with Gasteiger partial charge in [0.1, 0.15) is 0 Å². The molecule has 0 amide bonds. The SMILES string of the molecule is Cl.O=C(O)c1ncn2c1CNCC2. The smallest absolute Gasteiger partial charge is 0.356 e. The summed E-state index contributed by atoms with van der Waals surface area (Å²) in [6.45, 7) is 2.28. The van der Waals surface area contributed by atoms with Crippen LogP contribution in [0.5, 0.6) is 0 Å². The van der Waals surface area contributed by atoms with Crippen molar-refractivity contribution in [2.75, 3.05) is 6.54 Å². The molecule has 0 spiro atoms. The fraction of sp³-hybridized carbons (Fsp3) is 0.429. The highest BCUT2D eigenvalue weighted by Crippen LogP contribution is 2.09. The zero-order valence-electron chi connectivity index (χ0n) is 6.86. The highest BCUT2D eigenvalue weighted by molar-refractivity contribution is 5.86. The van der Waals surface area contributed by atoms with Crippen LogP contribution in [0, 0.1) is 0 Å². The molecule has 1 aromatic heterocycles. The molecule has 0 aliphatic carbocycles. The van der Waals surface area contributed by atoms with Gasteiger partial charge >= 0.3 is 5.97 Å². The quantitative estimate of drug-likeness (QED) is 0.680. The number of carboxylic acids is 1. The molecule has 1 aliphatic heterocycles. The van der Waals surface area contributed by atoms with Crippen LogP contribution in [0.3, 0.4) is 0 Å². The topological polar surface area (TPSA) is 67.1 Å². The fourth-order valence-corrected chi connectivity index (χ4v) is 1.37. The minimum atomic E-state index is -0.951. The molecule has 5 nitrogen and oxygen atoms in total. The number of nitrogens with one attached hydrogen (secondary N) is 1. The highest BCUT2D eigenvalue weighted by atomic mass is 35.5. The van der Waals surface area contributed by atoms with Crippen LogP contribution in [-0.4, -0.2) is 27.2 Å². The second kappa shape index (κ2) is 3.76. The number of hydrogen-bond acceptors (Lipinski definition) is 3. The number of carbonyl (C=O) groups is 1. The fourth-order valence-electron chi connectivity index (χ4n) is 1.37. The molecular formula is C7H10ClN3O2. The lowest BCUT2D eigenvalue weighted by Crippen LogP contribution is -2.28. The average molecular weight is 204 g/mol. The summed E-state index contributed by atoms with van der Waals surface area (Å²) in [6.07, 6.45) is 1.58. The minimum Gasteiger partial charge on any atom is -0.476 e. The van der Waals surface area contributed by atoms with Crippen LogP contribution >= 0.6 is 12.4 Å². The molecule has 0 saturated heterocycles. The van der Waals surface area contributed by atoms with Crippen LogP contribution in [0.15, 0.2) is 6.33 Å². The number of halogens is 1. The second-order valence-corrected chi connectivity index (χ2v) is 2.72. The summed E-state index contributed by atoms with van der Waals surface area (Å²) in [6, 6.07) is 0. The molecule has 0 atom stereocenters. The van der Waals surface area contributed by atoms with Crippen molar-refractivity contribution in [3.05, 3.63) is 17.7 Å². The normalized spacial score (nSPS) is 14.5. The van der Waals surface area contributed by atoms with Gasteiger partial charge in [0.05, 0.1) is 12.0 Å². The largest absolute Gasteiger partial charge is 0.476 e. The molecule has 13 heavy (non-hydrogen) atoms. The van der Waals surface area contributed by atoms with Gasteiger partial charge in [-0.1, -0.05) is 0 Å². The lowest BCUT2D eigenvalue weighted by molar-refractivity contribution is 0.0689. The van der Waals surface area contributed by atoms with Gasteiger partial charge < -0.3 is 15.0 Å². The molecular weight excluding hydrogens is 194 g/mol. The molecule has 0 saturated carbocycles. The van der Waals surface area contributed by atoms with Crippen molar-refractivity contribution in [2.45, 2.75) is 13.1 Å². The van der Waals surface area contributed by atoms with E-state index in [2.05, 4.69) is 10.3 Å². The monoisotopic (exact) mass is 203 g/mol. The number of aromatic carboxylic acids is 1. The maximum atomic E-state index is 10.6. The summed E-state index contributed by atoms with van der Waals surface area (Å²) >= 11 is 0. The molecule has 6 heteroatoms. The van der Waals surface area contributed by atoms with Crippen molar-refractivity contribution in [1.29, 1.82) is 0 Å². The first-order valence-corrected chi connectivity index (χ1v) is 3.77. The summed E-state index contributed by atoms with van der Waals surface area (Å²) < 4.78 is 1.87. The maximum Gasteiger partial charge on any atom is 0.356 e. The van der Waals surface area contributed by atoms with E-state index >= 15 is 0 Å².